The van der Waals surface area contributed by atoms with E-state index in [0.717, 1.165) is 12.6 Å². The summed E-state index contributed by atoms with van der Waals surface area (Å²) in [5.74, 6) is 0.756. The molecule has 2 atom stereocenters. The Kier molecular flexibility index (Phi) is 10.2. The van der Waals surface area contributed by atoms with Gasteiger partial charge in [-0.25, -0.2) is 0 Å². The van der Waals surface area contributed by atoms with E-state index < -0.39 is 11.7 Å². The van der Waals surface area contributed by atoms with Crippen LogP contribution in [0.2, 0.25) is 5.02 Å². The van der Waals surface area contributed by atoms with Crippen molar-refractivity contribution >= 4 is 11.6 Å². The minimum absolute atomic E-state index is 0.227. The zero-order valence-electron chi connectivity index (χ0n) is 18.4. The number of hydrogen-bond acceptors (Lipinski definition) is 2. The van der Waals surface area contributed by atoms with Crippen LogP contribution in [-0.2, 0) is 12.7 Å². The van der Waals surface area contributed by atoms with Crippen molar-refractivity contribution in [3.63, 3.8) is 0 Å². The maximum Gasteiger partial charge on any atom is 0.417 e. The largest absolute Gasteiger partial charge is 0.417 e. The van der Waals surface area contributed by atoms with Gasteiger partial charge in [-0.3, -0.25) is 0 Å². The third-order valence-electron chi connectivity index (χ3n) is 5.24. The second-order valence-corrected chi connectivity index (χ2v) is 8.14. The summed E-state index contributed by atoms with van der Waals surface area (Å²) in [4.78, 5) is 0. The molecule has 0 saturated heterocycles. The highest BCUT2D eigenvalue weighted by molar-refractivity contribution is 6.32. The van der Waals surface area contributed by atoms with Crippen LogP contribution in [0.3, 0.4) is 0 Å². The van der Waals surface area contributed by atoms with Gasteiger partial charge in [0.15, 0.2) is 0 Å². The van der Waals surface area contributed by atoms with Crippen LogP contribution in [0.25, 0.3) is 0 Å². The molecule has 0 aliphatic carbocycles. The molecule has 0 aromatic heterocycles. The van der Waals surface area contributed by atoms with Crippen LogP contribution in [0.15, 0.2) is 78.9 Å². The molecule has 2 nitrogen and oxygen atoms in total. The van der Waals surface area contributed by atoms with Gasteiger partial charge in [-0.2, -0.15) is 13.2 Å². The molecular formula is C26H30ClF3N2. The van der Waals surface area contributed by atoms with Crippen molar-refractivity contribution < 1.29 is 13.2 Å². The fraction of sp³-hybridized carbons (Fsp3) is 0.308. The minimum atomic E-state index is -4.43. The molecule has 3 rings (SSSR count). The summed E-state index contributed by atoms with van der Waals surface area (Å²) in [5.41, 5.74) is 7.68. The summed E-state index contributed by atoms with van der Waals surface area (Å²) >= 11 is 5.87. The predicted octanol–water partition coefficient (Wildman–Crippen LogP) is 7.00. The van der Waals surface area contributed by atoms with E-state index in [1.165, 1.54) is 17.2 Å². The number of alkyl halides is 3. The Bertz CT molecular complexity index is 931. The van der Waals surface area contributed by atoms with Gasteiger partial charge in [-0.1, -0.05) is 98.2 Å². The van der Waals surface area contributed by atoms with Gasteiger partial charge in [0.25, 0.3) is 0 Å². The highest BCUT2D eigenvalue weighted by Crippen LogP contribution is 2.36. The van der Waals surface area contributed by atoms with Crippen molar-refractivity contribution in [1.29, 1.82) is 0 Å². The highest BCUT2D eigenvalue weighted by atomic mass is 35.5. The molecule has 0 aliphatic rings. The van der Waals surface area contributed by atoms with E-state index in [9.17, 15) is 13.2 Å². The van der Waals surface area contributed by atoms with Gasteiger partial charge in [-0.15, -0.1) is 0 Å². The third kappa shape index (κ3) is 7.97. The van der Waals surface area contributed by atoms with Crippen LogP contribution in [0, 0.1) is 0 Å². The Labute approximate surface area is 193 Å². The van der Waals surface area contributed by atoms with Crippen molar-refractivity contribution in [3.05, 3.63) is 106 Å². The highest BCUT2D eigenvalue weighted by Gasteiger charge is 2.33. The summed E-state index contributed by atoms with van der Waals surface area (Å²) in [6.45, 7) is 5.89. The Balaban J connectivity index is 0.000000303. The van der Waals surface area contributed by atoms with Gasteiger partial charge in [0.1, 0.15) is 0 Å². The number of nitrogens with one attached hydrogen (secondary N) is 1. The van der Waals surface area contributed by atoms with Crippen LogP contribution >= 0.6 is 11.6 Å². The first-order chi connectivity index (χ1) is 15.2. The number of halogens is 4. The summed E-state index contributed by atoms with van der Waals surface area (Å²) < 4.78 is 38.4. The van der Waals surface area contributed by atoms with E-state index in [0.29, 0.717) is 24.6 Å². The lowest BCUT2D eigenvalue weighted by Crippen LogP contribution is -2.20. The van der Waals surface area contributed by atoms with Crippen molar-refractivity contribution in [1.82, 2.24) is 5.32 Å². The van der Waals surface area contributed by atoms with E-state index >= 15 is 0 Å². The molecule has 0 unspecified atom stereocenters. The van der Waals surface area contributed by atoms with Crippen LogP contribution in [0.4, 0.5) is 13.2 Å². The Morgan fingerprint density at radius 1 is 0.812 bits per heavy atom. The lowest BCUT2D eigenvalue weighted by molar-refractivity contribution is -0.137. The van der Waals surface area contributed by atoms with Gasteiger partial charge in [0.2, 0.25) is 0 Å². The molecule has 32 heavy (non-hydrogen) atoms. The molecule has 0 saturated carbocycles. The van der Waals surface area contributed by atoms with E-state index in [1.807, 2.05) is 48.5 Å². The van der Waals surface area contributed by atoms with E-state index in [1.54, 1.807) is 6.07 Å². The molecule has 3 aromatic rings. The summed E-state index contributed by atoms with van der Waals surface area (Å²) in [6.07, 6.45) is -4.43. The molecule has 3 N–H and O–H groups in total. The summed E-state index contributed by atoms with van der Waals surface area (Å²) in [6, 6.07) is 24.3. The zero-order valence-corrected chi connectivity index (χ0v) is 19.1. The maximum absolute atomic E-state index is 12.8. The molecule has 0 spiro atoms. The average molecular weight is 463 g/mol. The number of benzene rings is 3. The van der Waals surface area contributed by atoms with Crippen LogP contribution in [0.5, 0.6) is 0 Å². The molecule has 0 amide bonds. The fourth-order valence-corrected chi connectivity index (χ4v) is 3.48. The molecule has 0 fully saturated rings. The van der Waals surface area contributed by atoms with E-state index in [-0.39, 0.29) is 10.9 Å². The van der Waals surface area contributed by atoms with Crippen molar-refractivity contribution in [2.75, 3.05) is 13.1 Å². The molecule has 3 aromatic carbocycles. The molecule has 172 valence electrons. The van der Waals surface area contributed by atoms with Crippen LogP contribution < -0.4 is 11.1 Å². The first-order valence-electron chi connectivity index (χ1n) is 10.6. The Hall–Kier alpha value is -2.34. The molecule has 6 heteroatoms. The minimum Gasteiger partial charge on any atom is -0.330 e. The average Bonchev–Trinajstić information content (AvgIpc) is 2.80. The SMILES string of the molecule is C[C@H](CN)c1ccccc1.C[C@H](CNCc1cccc(C(F)(F)F)c1Cl)c1ccccc1. The molecular weight excluding hydrogens is 433 g/mol. The standard InChI is InChI=1S/C17H17ClF3N.C9H13N/c1-12(13-6-3-2-4-7-13)10-22-11-14-8-5-9-15(16(14)18)17(19,20)21;1-8(7-10)9-5-3-2-4-6-9/h2-9,12,22H,10-11H2,1H3;2-6,8H,7,10H2,1H3/t12-;8-/m11/s1. The van der Waals surface area contributed by atoms with E-state index in [4.69, 9.17) is 17.3 Å². The molecule has 0 aliphatic heterocycles. The van der Waals surface area contributed by atoms with Crippen LogP contribution in [-0.4, -0.2) is 13.1 Å². The quantitative estimate of drug-likeness (QED) is 0.396. The Morgan fingerprint density at radius 2 is 1.34 bits per heavy atom. The monoisotopic (exact) mass is 462 g/mol. The molecule has 0 heterocycles. The van der Waals surface area contributed by atoms with Crippen molar-refractivity contribution in [2.24, 2.45) is 5.73 Å². The predicted molar refractivity (Wildman–Crippen MR) is 127 cm³/mol. The maximum atomic E-state index is 12.8. The van der Waals surface area contributed by atoms with Gasteiger partial charge >= 0.3 is 6.18 Å². The number of hydrogen-bond donors (Lipinski definition) is 2. The Morgan fingerprint density at radius 3 is 1.84 bits per heavy atom. The van der Waals surface area contributed by atoms with Gasteiger partial charge in [0, 0.05) is 13.1 Å². The summed E-state index contributed by atoms with van der Waals surface area (Å²) in [7, 11) is 0. The first-order valence-corrected chi connectivity index (χ1v) is 11.0. The number of nitrogens with two attached hydrogens (primary N) is 1. The smallest absolute Gasteiger partial charge is 0.330 e. The first kappa shape index (κ1) is 25.9. The number of rotatable bonds is 7. The van der Waals surface area contributed by atoms with Crippen LogP contribution in [0.1, 0.15) is 47.9 Å². The third-order valence-corrected chi connectivity index (χ3v) is 5.69. The zero-order chi connectivity index (χ0) is 23.6. The van der Waals surface area contributed by atoms with Crippen molar-refractivity contribution in [3.8, 4) is 0 Å². The topological polar surface area (TPSA) is 38.0 Å². The van der Waals surface area contributed by atoms with Gasteiger partial charge in [0.05, 0.1) is 10.6 Å². The second-order valence-electron chi connectivity index (χ2n) is 7.77. The summed E-state index contributed by atoms with van der Waals surface area (Å²) in [5, 5.41) is 2.94. The normalized spacial score (nSPS) is 13.1. The van der Waals surface area contributed by atoms with E-state index in [2.05, 4.69) is 31.3 Å². The van der Waals surface area contributed by atoms with Crippen molar-refractivity contribution in [2.45, 2.75) is 38.4 Å². The van der Waals surface area contributed by atoms with Gasteiger partial charge in [-0.05, 0) is 41.1 Å². The molecule has 0 bridgehead atoms. The lowest BCUT2D eigenvalue weighted by atomic mass is 10.0. The molecule has 0 radical (unpaired) electrons. The lowest BCUT2D eigenvalue weighted by Gasteiger charge is -2.15. The van der Waals surface area contributed by atoms with Gasteiger partial charge < -0.3 is 11.1 Å². The second kappa shape index (κ2) is 12.6. The fourth-order valence-electron chi connectivity index (χ4n) is 3.18.